The Hall–Kier alpha value is -1.75. The van der Waals surface area contributed by atoms with Crippen molar-refractivity contribution >= 4 is 0 Å². The molecule has 0 spiro atoms. The first-order valence-corrected chi connectivity index (χ1v) is 7.28. The van der Waals surface area contributed by atoms with Crippen molar-refractivity contribution in [2.24, 2.45) is 7.05 Å². The lowest BCUT2D eigenvalue weighted by molar-refractivity contribution is 0.512. The lowest BCUT2D eigenvalue weighted by atomic mass is 10.0. The fourth-order valence-electron chi connectivity index (χ4n) is 2.38. The zero-order valence-corrected chi connectivity index (χ0v) is 12.7. The van der Waals surface area contributed by atoms with Crippen molar-refractivity contribution in [3.05, 3.63) is 52.9 Å². The molecule has 0 saturated carbocycles. The van der Waals surface area contributed by atoms with Gasteiger partial charge in [-0.2, -0.15) is 5.10 Å². The number of nitrogens with zero attached hydrogens (tertiary/aromatic N) is 2. The molecule has 1 aromatic carbocycles. The number of halogens is 2. The lowest BCUT2D eigenvalue weighted by Gasteiger charge is -2.20. The van der Waals surface area contributed by atoms with Crippen molar-refractivity contribution in [1.29, 1.82) is 0 Å². The van der Waals surface area contributed by atoms with E-state index in [1.807, 2.05) is 27.0 Å². The molecule has 5 heteroatoms. The summed E-state index contributed by atoms with van der Waals surface area (Å²) in [4.78, 5) is 0. The van der Waals surface area contributed by atoms with Crippen LogP contribution in [0, 0.1) is 11.6 Å². The van der Waals surface area contributed by atoms with Crippen LogP contribution in [0.25, 0.3) is 0 Å². The van der Waals surface area contributed by atoms with Crippen LogP contribution in [0.15, 0.2) is 24.3 Å². The third-order valence-electron chi connectivity index (χ3n) is 3.50. The Morgan fingerprint density at radius 3 is 2.57 bits per heavy atom. The molecule has 1 N–H and O–H groups in total. The topological polar surface area (TPSA) is 29.9 Å². The van der Waals surface area contributed by atoms with Crippen LogP contribution in [-0.4, -0.2) is 16.3 Å². The van der Waals surface area contributed by atoms with E-state index < -0.39 is 11.6 Å². The van der Waals surface area contributed by atoms with Crippen LogP contribution in [0.1, 0.15) is 43.3 Å². The van der Waals surface area contributed by atoms with Crippen LogP contribution in [-0.2, 0) is 13.5 Å². The standard InChI is InChI=1S/C16H21F2N3/c1-4-8-19-16(13-7-6-11(17)9-14(13)18)15-10-12(5-2)20-21(15)3/h6-7,9-10,16,19H,4-5,8H2,1-3H3. The van der Waals surface area contributed by atoms with E-state index in [4.69, 9.17) is 0 Å². The predicted octanol–water partition coefficient (Wildman–Crippen LogP) is 3.35. The predicted molar refractivity (Wildman–Crippen MR) is 79.1 cm³/mol. The molecule has 0 aliphatic rings. The number of hydrogen-bond donors (Lipinski definition) is 1. The van der Waals surface area contributed by atoms with Crippen LogP contribution >= 0.6 is 0 Å². The monoisotopic (exact) mass is 293 g/mol. The maximum atomic E-state index is 14.1. The van der Waals surface area contributed by atoms with E-state index in [0.717, 1.165) is 36.8 Å². The Bertz CT molecular complexity index is 608. The highest BCUT2D eigenvalue weighted by atomic mass is 19.1. The molecule has 3 nitrogen and oxygen atoms in total. The summed E-state index contributed by atoms with van der Waals surface area (Å²) in [5.41, 5.74) is 2.28. The van der Waals surface area contributed by atoms with Gasteiger partial charge in [0, 0.05) is 18.7 Å². The molecular formula is C16H21F2N3. The minimum absolute atomic E-state index is 0.330. The van der Waals surface area contributed by atoms with E-state index >= 15 is 0 Å². The van der Waals surface area contributed by atoms with Gasteiger partial charge in [0.15, 0.2) is 0 Å². The summed E-state index contributed by atoms with van der Waals surface area (Å²) in [5, 5.41) is 7.73. The molecule has 0 aliphatic heterocycles. The molecule has 1 aromatic heterocycles. The maximum Gasteiger partial charge on any atom is 0.131 e. The molecule has 0 fully saturated rings. The molecule has 0 bridgehead atoms. The van der Waals surface area contributed by atoms with E-state index in [9.17, 15) is 8.78 Å². The van der Waals surface area contributed by atoms with E-state index in [0.29, 0.717) is 5.56 Å². The number of nitrogens with one attached hydrogen (secondary N) is 1. The number of benzene rings is 1. The van der Waals surface area contributed by atoms with Gasteiger partial charge in [-0.05, 0) is 31.5 Å². The van der Waals surface area contributed by atoms with E-state index in [2.05, 4.69) is 10.4 Å². The third kappa shape index (κ3) is 3.47. The SMILES string of the molecule is CCCNC(c1ccc(F)cc1F)c1cc(CC)nn1C. The molecule has 2 rings (SSSR count). The first-order valence-electron chi connectivity index (χ1n) is 7.28. The van der Waals surface area contributed by atoms with Gasteiger partial charge >= 0.3 is 0 Å². The van der Waals surface area contributed by atoms with Gasteiger partial charge in [0.2, 0.25) is 0 Å². The van der Waals surface area contributed by atoms with Crippen LogP contribution in [0.4, 0.5) is 8.78 Å². The van der Waals surface area contributed by atoms with Crippen molar-refractivity contribution in [1.82, 2.24) is 15.1 Å². The van der Waals surface area contributed by atoms with Gasteiger partial charge < -0.3 is 5.32 Å². The number of rotatable bonds is 6. The summed E-state index contributed by atoms with van der Waals surface area (Å²) in [5.74, 6) is -1.10. The second-order valence-corrected chi connectivity index (χ2v) is 5.09. The molecule has 1 unspecified atom stereocenters. The summed E-state index contributed by atoms with van der Waals surface area (Å²) < 4.78 is 29.0. The maximum absolute atomic E-state index is 14.1. The van der Waals surface area contributed by atoms with Crippen molar-refractivity contribution in [2.45, 2.75) is 32.7 Å². The Labute approximate surface area is 124 Å². The summed E-state index contributed by atoms with van der Waals surface area (Å²) in [6.45, 7) is 4.82. The molecule has 0 aliphatic carbocycles. The molecule has 1 heterocycles. The molecule has 0 radical (unpaired) electrons. The fraction of sp³-hybridized carbons (Fsp3) is 0.438. The van der Waals surface area contributed by atoms with Gasteiger partial charge in [0.05, 0.1) is 17.4 Å². The number of aryl methyl sites for hydroxylation is 2. The van der Waals surface area contributed by atoms with Crippen molar-refractivity contribution in [3.63, 3.8) is 0 Å². The van der Waals surface area contributed by atoms with Gasteiger partial charge in [0.25, 0.3) is 0 Å². The van der Waals surface area contributed by atoms with Crippen LogP contribution in [0.5, 0.6) is 0 Å². The average molecular weight is 293 g/mol. The van der Waals surface area contributed by atoms with Crippen LogP contribution in [0.3, 0.4) is 0 Å². The van der Waals surface area contributed by atoms with Gasteiger partial charge in [-0.3, -0.25) is 4.68 Å². The normalized spacial score (nSPS) is 12.6. The summed E-state index contributed by atoms with van der Waals surface area (Å²) >= 11 is 0. The quantitative estimate of drug-likeness (QED) is 0.885. The molecular weight excluding hydrogens is 272 g/mol. The highest BCUT2D eigenvalue weighted by molar-refractivity contribution is 5.30. The van der Waals surface area contributed by atoms with E-state index in [1.54, 1.807) is 4.68 Å². The van der Waals surface area contributed by atoms with Crippen LogP contribution < -0.4 is 5.32 Å². The second-order valence-electron chi connectivity index (χ2n) is 5.09. The third-order valence-corrected chi connectivity index (χ3v) is 3.50. The summed E-state index contributed by atoms with van der Waals surface area (Å²) in [6, 6.07) is 5.35. The smallest absolute Gasteiger partial charge is 0.131 e. The summed E-state index contributed by atoms with van der Waals surface area (Å²) in [7, 11) is 1.84. The Kier molecular flexibility index (Phi) is 5.07. The van der Waals surface area contributed by atoms with Gasteiger partial charge in [-0.15, -0.1) is 0 Å². The van der Waals surface area contributed by atoms with Crippen molar-refractivity contribution in [3.8, 4) is 0 Å². The van der Waals surface area contributed by atoms with E-state index in [-0.39, 0.29) is 6.04 Å². The molecule has 1 atom stereocenters. The van der Waals surface area contributed by atoms with Gasteiger partial charge in [-0.25, -0.2) is 8.78 Å². The highest BCUT2D eigenvalue weighted by Crippen LogP contribution is 2.25. The Morgan fingerprint density at radius 1 is 1.24 bits per heavy atom. The Balaban J connectivity index is 2.44. The lowest BCUT2D eigenvalue weighted by Crippen LogP contribution is -2.26. The molecule has 0 amide bonds. The fourth-order valence-corrected chi connectivity index (χ4v) is 2.38. The molecule has 0 saturated heterocycles. The number of hydrogen-bond acceptors (Lipinski definition) is 2. The molecule has 2 aromatic rings. The van der Waals surface area contributed by atoms with Gasteiger partial charge in [0.1, 0.15) is 11.6 Å². The molecule has 21 heavy (non-hydrogen) atoms. The minimum Gasteiger partial charge on any atom is -0.305 e. The highest BCUT2D eigenvalue weighted by Gasteiger charge is 2.21. The molecule has 114 valence electrons. The largest absolute Gasteiger partial charge is 0.305 e. The average Bonchev–Trinajstić information content (AvgIpc) is 2.82. The zero-order valence-electron chi connectivity index (χ0n) is 12.7. The first-order chi connectivity index (χ1) is 10.1. The zero-order chi connectivity index (χ0) is 15.4. The Morgan fingerprint density at radius 2 is 2.00 bits per heavy atom. The van der Waals surface area contributed by atoms with Crippen LogP contribution in [0.2, 0.25) is 0 Å². The van der Waals surface area contributed by atoms with Gasteiger partial charge in [-0.1, -0.05) is 19.9 Å². The summed E-state index contributed by atoms with van der Waals surface area (Å²) in [6.07, 6.45) is 1.75. The first kappa shape index (κ1) is 15.6. The minimum atomic E-state index is -0.565. The van der Waals surface area contributed by atoms with Crippen molar-refractivity contribution in [2.75, 3.05) is 6.54 Å². The van der Waals surface area contributed by atoms with Crippen molar-refractivity contribution < 1.29 is 8.78 Å². The van der Waals surface area contributed by atoms with E-state index in [1.165, 1.54) is 12.1 Å². The number of aromatic nitrogens is 2. The second kappa shape index (κ2) is 6.80.